The van der Waals surface area contributed by atoms with Gasteiger partial charge in [-0.25, -0.2) is 8.42 Å². The lowest BCUT2D eigenvalue weighted by Gasteiger charge is -2.32. The van der Waals surface area contributed by atoms with Gasteiger partial charge in [0.25, 0.3) is 0 Å². The molecule has 0 N–H and O–H groups in total. The number of rotatable bonds is 5. The summed E-state index contributed by atoms with van der Waals surface area (Å²) in [6.45, 7) is 3.17. The van der Waals surface area contributed by atoms with Gasteiger partial charge in [-0.05, 0) is 43.5 Å². The molecule has 1 aromatic carbocycles. The van der Waals surface area contributed by atoms with Crippen molar-refractivity contribution in [2.75, 3.05) is 20.1 Å². The number of carbonyl (C=O) groups excluding carboxylic acids is 1. The molecular formula is C20H25N3O3S. The summed E-state index contributed by atoms with van der Waals surface area (Å²) < 4.78 is 27.0. The molecule has 3 rings (SSSR count). The number of sulfonamides is 1. The zero-order chi connectivity index (χ0) is 19.4. The number of aromatic nitrogens is 1. The van der Waals surface area contributed by atoms with Gasteiger partial charge >= 0.3 is 0 Å². The van der Waals surface area contributed by atoms with Gasteiger partial charge in [-0.2, -0.15) is 4.31 Å². The molecule has 1 aliphatic rings. The Balaban J connectivity index is 1.59. The van der Waals surface area contributed by atoms with Crippen LogP contribution in [0.4, 0.5) is 0 Å². The van der Waals surface area contributed by atoms with Gasteiger partial charge in [0, 0.05) is 45.0 Å². The minimum absolute atomic E-state index is 0.0613. The van der Waals surface area contributed by atoms with Gasteiger partial charge in [-0.1, -0.05) is 23.8 Å². The molecule has 6 nitrogen and oxygen atoms in total. The molecule has 1 amide bonds. The third-order valence-corrected chi connectivity index (χ3v) is 6.89. The Labute approximate surface area is 160 Å². The highest BCUT2D eigenvalue weighted by atomic mass is 32.2. The van der Waals surface area contributed by atoms with E-state index in [0.29, 0.717) is 37.4 Å². The highest BCUT2D eigenvalue weighted by molar-refractivity contribution is 7.89. The number of hydrogen-bond acceptors (Lipinski definition) is 4. The lowest BCUT2D eigenvalue weighted by atomic mass is 9.96. The Morgan fingerprint density at radius 3 is 2.44 bits per heavy atom. The number of hydrogen-bond donors (Lipinski definition) is 0. The summed E-state index contributed by atoms with van der Waals surface area (Å²) in [5.74, 6) is -0.0811. The maximum atomic E-state index is 12.8. The maximum Gasteiger partial charge on any atom is 0.243 e. The van der Waals surface area contributed by atoms with Gasteiger partial charge < -0.3 is 4.90 Å². The van der Waals surface area contributed by atoms with Gasteiger partial charge in [0.2, 0.25) is 15.9 Å². The van der Waals surface area contributed by atoms with Crippen LogP contribution in [0.5, 0.6) is 0 Å². The second-order valence-corrected chi connectivity index (χ2v) is 8.98. The molecule has 0 spiro atoms. The van der Waals surface area contributed by atoms with E-state index in [1.165, 1.54) is 4.31 Å². The molecule has 0 saturated carbocycles. The van der Waals surface area contributed by atoms with Crippen LogP contribution >= 0.6 is 0 Å². The molecule has 1 aromatic heterocycles. The lowest BCUT2D eigenvalue weighted by molar-refractivity contribution is -0.135. The van der Waals surface area contributed by atoms with Crippen molar-refractivity contribution in [1.29, 1.82) is 0 Å². The first-order chi connectivity index (χ1) is 12.9. The van der Waals surface area contributed by atoms with Crippen LogP contribution < -0.4 is 0 Å². The van der Waals surface area contributed by atoms with Crippen LogP contribution in [0, 0.1) is 12.8 Å². The molecule has 7 heteroatoms. The summed E-state index contributed by atoms with van der Waals surface area (Å²) in [5.41, 5.74) is 2.00. The Morgan fingerprint density at radius 1 is 1.19 bits per heavy atom. The number of carbonyl (C=O) groups is 1. The van der Waals surface area contributed by atoms with Crippen LogP contribution in [-0.2, 0) is 21.4 Å². The molecule has 1 fully saturated rings. The van der Waals surface area contributed by atoms with E-state index in [1.54, 1.807) is 48.6 Å². The Hall–Kier alpha value is -2.25. The van der Waals surface area contributed by atoms with Crippen LogP contribution in [0.3, 0.4) is 0 Å². The third-order valence-electron chi connectivity index (χ3n) is 4.98. The zero-order valence-corrected chi connectivity index (χ0v) is 16.5. The van der Waals surface area contributed by atoms with Crippen LogP contribution in [0.1, 0.15) is 24.0 Å². The average molecular weight is 388 g/mol. The van der Waals surface area contributed by atoms with Gasteiger partial charge in [-0.3, -0.25) is 9.78 Å². The van der Waals surface area contributed by atoms with Crippen molar-refractivity contribution in [3.8, 4) is 0 Å². The van der Waals surface area contributed by atoms with Crippen molar-refractivity contribution in [3.63, 3.8) is 0 Å². The van der Waals surface area contributed by atoms with Gasteiger partial charge in [0.1, 0.15) is 0 Å². The molecule has 2 aromatic rings. The molecule has 0 bridgehead atoms. The van der Waals surface area contributed by atoms with Crippen LogP contribution in [0.25, 0.3) is 0 Å². The fourth-order valence-electron chi connectivity index (χ4n) is 3.36. The molecule has 0 atom stereocenters. The summed E-state index contributed by atoms with van der Waals surface area (Å²) in [5, 5.41) is 0. The van der Waals surface area contributed by atoms with Crippen LogP contribution in [0.15, 0.2) is 53.7 Å². The molecule has 0 unspecified atom stereocenters. The summed E-state index contributed by atoms with van der Waals surface area (Å²) in [7, 11) is -1.71. The van der Waals surface area contributed by atoms with Crippen molar-refractivity contribution in [2.45, 2.75) is 31.2 Å². The average Bonchev–Trinajstić information content (AvgIpc) is 2.68. The highest BCUT2D eigenvalue weighted by Crippen LogP contribution is 2.25. The first-order valence-corrected chi connectivity index (χ1v) is 10.5. The van der Waals surface area contributed by atoms with Crippen molar-refractivity contribution >= 4 is 15.9 Å². The fourth-order valence-corrected chi connectivity index (χ4v) is 4.83. The first-order valence-electron chi connectivity index (χ1n) is 9.08. The third kappa shape index (κ3) is 4.54. The largest absolute Gasteiger partial charge is 0.341 e. The number of amides is 1. The number of benzene rings is 1. The second kappa shape index (κ2) is 8.19. The van der Waals surface area contributed by atoms with Gasteiger partial charge in [0.05, 0.1) is 4.90 Å². The van der Waals surface area contributed by atoms with Crippen molar-refractivity contribution < 1.29 is 13.2 Å². The van der Waals surface area contributed by atoms with Crippen molar-refractivity contribution in [1.82, 2.24) is 14.2 Å². The van der Waals surface area contributed by atoms with E-state index in [2.05, 4.69) is 4.98 Å². The predicted molar refractivity (Wildman–Crippen MR) is 103 cm³/mol. The van der Waals surface area contributed by atoms with Crippen LogP contribution in [-0.4, -0.2) is 48.7 Å². The number of piperidine rings is 1. The summed E-state index contributed by atoms with van der Waals surface area (Å²) in [6, 6.07) is 10.7. The highest BCUT2D eigenvalue weighted by Gasteiger charge is 2.33. The number of aryl methyl sites for hydroxylation is 1. The van der Waals surface area contributed by atoms with E-state index >= 15 is 0 Å². The zero-order valence-electron chi connectivity index (χ0n) is 15.7. The molecular weight excluding hydrogens is 362 g/mol. The topological polar surface area (TPSA) is 70.6 Å². The minimum Gasteiger partial charge on any atom is -0.341 e. The molecule has 1 aliphatic heterocycles. The molecule has 27 heavy (non-hydrogen) atoms. The van der Waals surface area contributed by atoms with E-state index in [1.807, 2.05) is 19.1 Å². The fraction of sp³-hybridized carbons (Fsp3) is 0.400. The normalized spacial score (nSPS) is 16.2. The van der Waals surface area contributed by atoms with Crippen molar-refractivity contribution in [2.24, 2.45) is 5.92 Å². The number of pyridine rings is 1. The van der Waals surface area contributed by atoms with Gasteiger partial charge in [0.15, 0.2) is 0 Å². The lowest BCUT2D eigenvalue weighted by Crippen LogP contribution is -2.43. The van der Waals surface area contributed by atoms with E-state index < -0.39 is 10.0 Å². The molecule has 0 aliphatic carbocycles. The van der Waals surface area contributed by atoms with E-state index in [0.717, 1.165) is 11.1 Å². The van der Waals surface area contributed by atoms with Gasteiger partial charge in [-0.15, -0.1) is 0 Å². The smallest absolute Gasteiger partial charge is 0.243 e. The maximum absolute atomic E-state index is 12.8. The Bertz CT molecular complexity index is 874. The Morgan fingerprint density at radius 2 is 1.85 bits per heavy atom. The van der Waals surface area contributed by atoms with E-state index in [-0.39, 0.29) is 11.8 Å². The molecule has 1 saturated heterocycles. The minimum atomic E-state index is -3.50. The summed E-state index contributed by atoms with van der Waals surface area (Å²) in [4.78, 5) is 18.8. The van der Waals surface area contributed by atoms with E-state index in [9.17, 15) is 13.2 Å². The number of nitrogens with zero attached hydrogens (tertiary/aromatic N) is 3. The molecule has 144 valence electrons. The standard InChI is InChI=1S/C20H25N3O3S/c1-16-5-7-19(8-6-16)27(25,26)23-12-9-18(10-13-23)20(24)22(2)15-17-4-3-11-21-14-17/h3-8,11,14,18H,9-10,12-13,15H2,1-2H3. The second-order valence-electron chi connectivity index (χ2n) is 7.05. The van der Waals surface area contributed by atoms with Crippen molar-refractivity contribution in [3.05, 3.63) is 59.9 Å². The van der Waals surface area contributed by atoms with E-state index in [4.69, 9.17) is 0 Å². The van der Waals surface area contributed by atoms with Crippen LogP contribution in [0.2, 0.25) is 0 Å². The SMILES string of the molecule is Cc1ccc(S(=O)(=O)N2CCC(C(=O)N(C)Cc3cccnc3)CC2)cc1. The monoisotopic (exact) mass is 387 g/mol. The molecule has 0 radical (unpaired) electrons. The summed E-state index contributed by atoms with van der Waals surface area (Å²) in [6.07, 6.45) is 4.54. The Kier molecular flexibility index (Phi) is 5.92. The first kappa shape index (κ1) is 19.5. The summed E-state index contributed by atoms with van der Waals surface area (Å²) >= 11 is 0. The predicted octanol–water partition coefficient (Wildman–Crippen LogP) is 2.45. The quantitative estimate of drug-likeness (QED) is 0.790. The molecule has 2 heterocycles.